The third-order valence-electron chi connectivity index (χ3n) is 6.22. The second-order valence-electron chi connectivity index (χ2n) is 9.06. The van der Waals surface area contributed by atoms with Gasteiger partial charge in [0, 0.05) is 27.5 Å². The number of ether oxygens (including phenoxy) is 1. The van der Waals surface area contributed by atoms with Gasteiger partial charge in [-0.15, -0.1) is 11.3 Å². The minimum absolute atomic E-state index is 0.0752. The highest BCUT2D eigenvalue weighted by molar-refractivity contribution is 8.03. The van der Waals surface area contributed by atoms with Crippen molar-refractivity contribution in [1.29, 1.82) is 5.26 Å². The Morgan fingerprint density at radius 1 is 0.902 bits per heavy atom. The molecule has 3 aromatic carbocycles. The first-order valence-corrected chi connectivity index (χ1v) is 14.7. The molecule has 1 unspecified atom stereocenters. The maximum Gasteiger partial charge on any atom is 0.254 e. The first-order chi connectivity index (χ1) is 20.0. The van der Waals surface area contributed by atoms with E-state index in [9.17, 15) is 14.9 Å². The van der Waals surface area contributed by atoms with Gasteiger partial charge >= 0.3 is 0 Å². The summed E-state index contributed by atoms with van der Waals surface area (Å²) in [6.07, 6.45) is 0. The molecule has 0 fully saturated rings. The van der Waals surface area contributed by atoms with Crippen molar-refractivity contribution in [2.24, 2.45) is 0 Å². The number of para-hydroxylation sites is 2. The molecule has 0 radical (unpaired) electrons. The zero-order chi connectivity index (χ0) is 28.6. The van der Waals surface area contributed by atoms with Crippen LogP contribution in [0.5, 0.6) is 11.5 Å². The number of nitrogens with one attached hydrogen (secondary N) is 3. The van der Waals surface area contributed by atoms with E-state index in [0.29, 0.717) is 39.0 Å². The average Bonchev–Trinajstić information content (AvgIpc) is 3.52. The minimum atomic E-state index is -0.548. The number of carbonyl (C=O) groups excluding carboxylic acids is 2. The largest absolute Gasteiger partial charge is 0.457 e. The van der Waals surface area contributed by atoms with E-state index in [-0.39, 0.29) is 17.6 Å². The van der Waals surface area contributed by atoms with Gasteiger partial charge in [-0.2, -0.15) is 5.26 Å². The average molecular weight is 579 g/mol. The van der Waals surface area contributed by atoms with Gasteiger partial charge in [0.1, 0.15) is 11.5 Å². The summed E-state index contributed by atoms with van der Waals surface area (Å²) < 4.78 is 5.80. The van der Waals surface area contributed by atoms with Gasteiger partial charge in [0.15, 0.2) is 0 Å². The number of allylic oxidation sites excluding steroid dienone is 2. The highest BCUT2D eigenvalue weighted by Gasteiger charge is 2.35. The third kappa shape index (κ3) is 6.87. The molecule has 1 atom stereocenters. The zero-order valence-corrected chi connectivity index (χ0v) is 23.7. The Morgan fingerprint density at radius 3 is 2.22 bits per heavy atom. The number of benzene rings is 3. The molecule has 0 saturated heterocycles. The maximum atomic E-state index is 13.4. The first kappa shape index (κ1) is 27.8. The smallest absolute Gasteiger partial charge is 0.254 e. The summed E-state index contributed by atoms with van der Waals surface area (Å²) in [6, 6.07) is 31.9. The van der Waals surface area contributed by atoms with E-state index in [2.05, 4.69) is 22.0 Å². The number of anilines is 2. The van der Waals surface area contributed by atoms with Crippen LogP contribution in [0.4, 0.5) is 11.4 Å². The van der Waals surface area contributed by atoms with Crippen LogP contribution < -0.4 is 20.7 Å². The van der Waals surface area contributed by atoms with Crippen molar-refractivity contribution in [1.82, 2.24) is 5.32 Å². The summed E-state index contributed by atoms with van der Waals surface area (Å²) in [6.45, 7) is 1.81. The van der Waals surface area contributed by atoms with E-state index in [1.54, 1.807) is 24.3 Å². The maximum absolute atomic E-state index is 13.4. The van der Waals surface area contributed by atoms with Gasteiger partial charge in [-0.25, -0.2) is 0 Å². The molecular weight excluding hydrogens is 553 g/mol. The van der Waals surface area contributed by atoms with Crippen LogP contribution in [0.1, 0.15) is 17.7 Å². The lowest BCUT2D eigenvalue weighted by Crippen LogP contribution is -2.30. The number of amides is 2. The van der Waals surface area contributed by atoms with Crippen LogP contribution in [-0.2, 0) is 9.59 Å². The fourth-order valence-electron chi connectivity index (χ4n) is 4.35. The molecule has 9 heteroatoms. The summed E-state index contributed by atoms with van der Waals surface area (Å²) in [4.78, 5) is 27.1. The molecule has 2 amide bonds. The number of nitriles is 1. The summed E-state index contributed by atoms with van der Waals surface area (Å²) >= 11 is 2.71. The normalized spacial score (nSPS) is 14.6. The molecule has 0 saturated carbocycles. The number of hydrogen-bond acceptors (Lipinski definition) is 7. The molecule has 7 nitrogen and oxygen atoms in total. The van der Waals surface area contributed by atoms with Crippen LogP contribution in [-0.4, -0.2) is 17.6 Å². The molecule has 41 heavy (non-hydrogen) atoms. The Balaban J connectivity index is 1.28. The quantitative estimate of drug-likeness (QED) is 0.193. The molecule has 1 aliphatic rings. The van der Waals surface area contributed by atoms with Gasteiger partial charge in [0.05, 0.1) is 28.3 Å². The standard InChI is InChI=1S/C32H26N4O3S2/c1-21-29(31(38)36-22-9-4-2-5-10-22)30(27-13-8-18-40-27)26(19-33)32(34-21)41-20-28(37)35-23-14-16-25(17-15-23)39-24-11-6-3-7-12-24/h2-18,30,34H,20H2,1H3,(H,35,37)(H,36,38). The Morgan fingerprint density at radius 2 is 1.56 bits per heavy atom. The highest BCUT2D eigenvalue weighted by Crippen LogP contribution is 2.42. The fraction of sp³-hybridized carbons (Fsp3) is 0.0938. The summed E-state index contributed by atoms with van der Waals surface area (Å²) in [7, 11) is 0. The number of dihydropyridines is 1. The van der Waals surface area contributed by atoms with Gasteiger partial charge < -0.3 is 20.7 Å². The molecule has 1 aromatic heterocycles. The summed E-state index contributed by atoms with van der Waals surface area (Å²) in [5.74, 6) is 0.411. The van der Waals surface area contributed by atoms with Crippen molar-refractivity contribution in [3.8, 4) is 17.6 Å². The molecule has 3 N–H and O–H groups in total. The van der Waals surface area contributed by atoms with Gasteiger partial charge in [-0.05, 0) is 66.9 Å². The molecular formula is C32H26N4O3S2. The van der Waals surface area contributed by atoms with E-state index < -0.39 is 5.92 Å². The number of nitrogens with zero attached hydrogens (tertiary/aromatic N) is 1. The van der Waals surface area contributed by atoms with Crippen molar-refractivity contribution >= 4 is 46.3 Å². The van der Waals surface area contributed by atoms with Crippen molar-refractivity contribution in [2.45, 2.75) is 12.8 Å². The van der Waals surface area contributed by atoms with E-state index in [1.165, 1.54) is 23.1 Å². The Kier molecular flexibility index (Phi) is 8.84. The fourth-order valence-corrected chi connectivity index (χ4v) is 6.09. The second-order valence-corrected chi connectivity index (χ2v) is 11.0. The third-order valence-corrected chi connectivity index (χ3v) is 8.17. The second kappa shape index (κ2) is 13.0. The Bertz CT molecular complexity index is 1630. The number of thioether (sulfide) groups is 1. The van der Waals surface area contributed by atoms with E-state index in [1.807, 2.05) is 85.1 Å². The number of thiophene rings is 1. The van der Waals surface area contributed by atoms with Gasteiger partial charge in [-0.3, -0.25) is 9.59 Å². The lowest BCUT2D eigenvalue weighted by Gasteiger charge is -2.29. The van der Waals surface area contributed by atoms with Gasteiger partial charge in [-0.1, -0.05) is 54.2 Å². The lowest BCUT2D eigenvalue weighted by atomic mass is 9.86. The predicted octanol–water partition coefficient (Wildman–Crippen LogP) is 7.25. The monoisotopic (exact) mass is 578 g/mol. The van der Waals surface area contributed by atoms with Crippen LogP contribution in [0.3, 0.4) is 0 Å². The molecule has 2 heterocycles. The van der Waals surface area contributed by atoms with E-state index in [4.69, 9.17) is 4.74 Å². The van der Waals surface area contributed by atoms with Crippen molar-refractivity contribution < 1.29 is 14.3 Å². The van der Waals surface area contributed by atoms with Crippen molar-refractivity contribution in [3.05, 3.63) is 129 Å². The highest BCUT2D eigenvalue weighted by atomic mass is 32.2. The molecule has 204 valence electrons. The number of carbonyl (C=O) groups is 2. The lowest BCUT2D eigenvalue weighted by molar-refractivity contribution is -0.114. The zero-order valence-electron chi connectivity index (χ0n) is 22.1. The molecule has 0 bridgehead atoms. The minimum Gasteiger partial charge on any atom is -0.457 e. The van der Waals surface area contributed by atoms with Gasteiger partial charge in [0.25, 0.3) is 5.91 Å². The van der Waals surface area contributed by atoms with Crippen LogP contribution in [0.25, 0.3) is 0 Å². The summed E-state index contributed by atoms with van der Waals surface area (Å²) in [5, 5.41) is 21.7. The van der Waals surface area contributed by atoms with Crippen LogP contribution in [0, 0.1) is 11.3 Å². The summed E-state index contributed by atoms with van der Waals surface area (Å²) in [5.41, 5.74) is 2.81. The Hall–Kier alpha value is -4.78. The van der Waals surface area contributed by atoms with Crippen LogP contribution >= 0.6 is 23.1 Å². The van der Waals surface area contributed by atoms with E-state index >= 15 is 0 Å². The number of hydrogen-bond donors (Lipinski definition) is 3. The predicted molar refractivity (Wildman–Crippen MR) is 165 cm³/mol. The van der Waals surface area contributed by atoms with Crippen LogP contribution in [0.2, 0.25) is 0 Å². The topological polar surface area (TPSA) is 103 Å². The molecule has 0 spiro atoms. The van der Waals surface area contributed by atoms with Crippen molar-refractivity contribution in [3.63, 3.8) is 0 Å². The number of rotatable bonds is 9. The molecule has 4 aromatic rings. The van der Waals surface area contributed by atoms with Gasteiger partial charge in [0.2, 0.25) is 5.91 Å². The molecule has 5 rings (SSSR count). The van der Waals surface area contributed by atoms with Crippen molar-refractivity contribution in [2.75, 3.05) is 16.4 Å². The van der Waals surface area contributed by atoms with Crippen LogP contribution in [0.15, 0.2) is 124 Å². The molecule has 1 aliphatic heterocycles. The Labute approximate surface area is 246 Å². The molecule has 0 aliphatic carbocycles. The van der Waals surface area contributed by atoms with E-state index in [0.717, 1.165) is 10.6 Å². The first-order valence-electron chi connectivity index (χ1n) is 12.8. The SMILES string of the molecule is CC1=C(C(=O)Nc2ccccc2)C(c2cccs2)C(C#N)=C(SCC(=O)Nc2ccc(Oc3ccccc3)cc2)N1.